The predicted octanol–water partition coefficient (Wildman–Crippen LogP) is 2.28. The van der Waals surface area contributed by atoms with Gasteiger partial charge in [0.25, 0.3) is 0 Å². The van der Waals surface area contributed by atoms with Crippen molar-refractivity contribution in [1.29, 1.82) is 0 Å². The Labute approximate surface area is 183 Å². The first-order valence-electron chi connectivity index (χ1n) is 8.96. The first-order chi connectivity index (χ1) is 14.3. The summed E-state index contributed by atoms with van der Waals surface area (Å²) >= 11 is 1.61. The van der Waals surface area contributed by atoms with Crippen molar-refractivity contribution >= 4 is 24.2 Å². The van der Waals surface area contributed by atoms with Crippen molar-refractivity contribution in [2.45, 2.75) is 11.7 Å². The summed E-state index contributed by atoms with van der Waals surface area (Å²) in [5.41, 5.74) is 1.94. The smallest absolute Gasteiger partial charge is 0.345 e. The van der Waals surface area contributed by atoms with E-state index < -0.39 is 0 Å². The average Bonchev–Trinajstić information content (AvgIpc) is 3.38. The van der Waals surface area contributed by atoms with Gasteiger partial charge in [0.1, 0.15) is 5.75 Å². The molecule has 2 heterocycles. The maximum absolute atomic E-state index is 5.90. The lowest BCUT2D eigenvalue weighted by molar-refractivity contribution is 0.426. The zero-order valence-corrected chi connectivity index (χ0v) is 17.8. The number of halogens is 1. The van der Waals surface area contributed by atoms with Gasteiger partial charge < -0.3 is 10.1 Å². The van der Waals surface area contributed by atoms with Crippen LogP contribution in [0, 0.1) is 0 Å². The van der Waals surface area contributed by atoms with Crippen LogP contribution in [0.25, 0.3) is 5.69 Å². The fourth-order valence-corrected chi connectivity index (χ4v) is 3.34. The van der Waals surface area contributed by atoms with Gasteiger partial charge in [-0.1, -0.05) is 47.2 Å². The summed E-state index contributed by atoms with van der Waals surface area (Å²) in [7, 11) is 1.83. The summed E-state index contributed by atoms with van der Waals surface area (Å²) in [5, 5.41) is 27.3. The number of rotatable bonds is 9. The molecule has 4 rings (SSSR count). The molecule has 0 saturated heterocycles. The van der Waals surface area contributed by atoms with Crippen LogP contribution in [0.4, 0.5) is 0 Å². The van der Waals surface area contributed by atoms with Crippen molar-refractivity contribution < 1.29 is 4.74 Å². The van der Waals surface area contributed by atoms with Gasteiger partial charge in [-0.3, -0.25) is 0 Å². The molecule has 0 aliphatic carbocycles. The van der Waals surface area contributed by atoms with E-state index in [2.05, 4.69) is 36.4 Å². The molecule has 0 fully saturated rings. The molecule has 12 heteroatoms. The van der Waals surface area contributed by atoms with Crippen molar-refractivity contribution in [3.63, 3.8) is 0 Å². The second-order valence-electron chi connectivity index (χ2n) is 6.07. The molecule has 4 aromatic rings. The van der Waals surface area contributed by atoms with E-state index in [1.165, 1.54) is 0 Å². The highest BCUT2D eigenvalue weighted by Gasteiger charge is 2.10. The van der Waals surface area contributed by atoms with E-state index in [4.69, 9.17) is 4.74 Å². The summed E-state index contributed by atoms with van der Waals surface area (Å²) in [6.07, 6.45) is 0. The van der Waals surface area contributed by atoms with Gasteiger partial charge in [0, 0.05) is 25.9 Å². The number of para-hydroxylation sites is 1. The molecule has 30 heavy (non-hydrogen) atoms. The zero-order valence-electron chi connectivity index (χ0n) is 16.1. The third-order valence-electron chi connectivity index (χ3n) is 3.97. The van der Waals surface area contributed by atoms with Gasteiger partial charge >= 0.3 is 6.01 Å². The zero-order chi connectivity index (χ0) is 19.9. The topological polar surface area (TPSA) is 108 Å². The van der Waals surface area contributed by atoms with Crippen LogP contribution in [-0.4, -0.2) is 52.7 Å². The van der Waals surface area contributed by atoms with Crippen LogP contribution in [0.15, 0.2) is 59.8 Å². The molecule has 2 aromatic carbocycles. The lowest BCUT2D eigenvalue weighted by Gasteiger charge is -2.08. The second-order valence-corrected chi connectivity index (χ2v) is 7.13. The third kappa shape index (κ3) is 5.53. The molecule has 0 bridgehead atoms. The van der Waals surface area contributed by atoms with Gasteiger partial charge in [-0.15, -0.1) is 17.5 Å². The standard InChI is InChI=1S/C18H19N9OS.ClH/c1-26-18(21-23-24-26)29-11-10-19-13-14-6-5-9-16(12-14)28-17-20-22-25-27(17)15-7-3-2-4-8-15;/h2-9,12,19H,10-11,13H2,1H3;1H. The van der Waals surface area contributed by atoms with Gasteiger partial charge in [-0.2, -0.15) is 4.68 Å². The highest BCUT2D eigenvalue weighted by atomic mass is 35.5. The van der Waals surface area contributed by atoms with Crippen LogP contribution in [0.1, 0.15) is 5.56 Å². The lowest BCUT2D eigenvalue weighted by Crippen LogP contribution is -2.16. The number of nitrogens with zero attached hydrogens (tertiary/aromatic N) is 8. The average molecular weight is 446 g/mol. The monoisotopic (exact) mass is 445 g/mol. The van der Waals surface area contributed by atoms with E-state index in [9.17, 15) is 0 Å². The molecule has 0 unspecified atom stereocenters. The van der Waals surface area contributed by atoms with Crippen LogP contribution in [0.2, 0.25) is 0 Å². The van der Waals surface area contributed by atoms with E-state index in [-0.39, 0.29) is 12.4 Å². The maximum atomic E-state index is 5.90. The molecule has 0 aliphatic heterocycles. The fourth-order valence-electron chi connectivity index (χ4n) is 2.59. The van der Waals surface area contributed by atoms with Crippen molar-refractivity contribution in [2.75, 3.05) is 12.3 Å². The molecular weight excluding hydrogens is 426 g/mol. The quantitative estimate of drug-likeness (QED) is 0.306. The van der Waals surface area contributed by atoms with Crippen molar-refractivity contribution in [3.8, 4) is 17.4 Å². The van der Waals surface area contributed by atoms with E-state index in [0.717, 1.165) is 35.2 Å². The number of hydrogen-bond acceptors (Lipinski definition) is 9. The van der Waals surface area contributed by atoms with Crippen LogP contribution in [-0.2, 0) is 13.6 Å². The Hall–Kier alpha value is -3.02. The van der Waals surface area contributed by atoms with Crippen LogP contribution in [0.5, 0.6) is 11.8 Å². The number of nitrogens with one attached hydrogen (secondary N) is 1. The first kappa shape index (κ1) is 21.7. The minimum absolute atomic E-state index is 0. The van der Waals surface area contributed by atoms with Crippen LogP contribution < -0.4 is 10.1 Å². The fraction of sp³-hybridized carbons (Fsp3) is 0.222. The highest BCUT2D eigenvalue weighted by Crippen LogP contribution is 2.22. The van der Waals surface area contributed by atoms with E-state index in [1.807, 2.05) is 61.6 Å². The van der Waals surface area contributed by atoms with E-state index in [1.54, 1.807) is 21.1 Å². The van der Waals surface area contributed by atoms with Crippen LogP contribution in [0.3, 0.4) is 0 Å². The van der Waals surface area contributed by atoms with Gasteiger partial charge in [0.05, 0.1) is 5.69 Å². The normalized spacial score (nSPS) is 10.6. The Morgan fingerprint density at radius 2 is 1.83 bits per heavy atom. The molecule has 0 atom stereocenters. The Bertz CT molecular complexity index is 1060. The van der Waals surface area contributed by atoms with Crippen molar-refractivity contribution in [1.82, 2.24) is 45.7 Å². The molecule has 0 saturated carbocycles. The number of tetrazole rings is 2. The lowest BCUT2D eigenvalue weighted by atomic mass is 10.2. The summed E-state index contributed by atoms with van der Waals surface area (Å²) in [6.45, 7) is 1.55. The molecule has 0 aliphatic rings. The van der Waals surface area contributed by atoms with Crippen molar-refractivity contribution in [3.05, 3.63) is 60.2 Å². The molecule has 10 nitrogen and oxygen atoms in total. The number of hydrogen-bond donors (Lipinski definition) is 1. The highest BCUT2D eigenvalue weighted by molar-refractivity contribution is 7.99. The molecule has 1 N–H and O–H groups in total. The largest absolute Gasteiger partial charge is 0.423 e. The maximum Gasteiger partial charge on any atom is 0.345 e. The van der Waals surface area contributed by atoms with Gasteiger partial charge in [-0.05, 0) is 50.7 Å². The molecule has 156 valence electrons. The summed E-state index contributed by atoms with van der Waals surface area (Å²) in [4.78, 5) is 0. The molecular formula is C18H20ClN9OS. The number of ether oxygens (including phenoxy) is 1. The minimum atomic E-state index is 0. The molecule has 0 radical (unpaired) electrons. The van der Waals surface area contributed by atoms with Crippen LogP contribution >= 0.6 is 24.2 Å². The first-order valence-corrected chi connectivity index (χ1v) is 9.94. The summed E-state index contributed by atoms with van der Waals surface area (Å²) in [5.74, 6) is 1.55. The Morgan fingerprint density at radius 1 is 1.00 bits per heavy atom. The third-order valence-corrected chi connectivity index (χ3v) is 4.98. The number of benzene rings is 2. The molecule has 2 aromatic heterocycles. The van der Waals surface area contributed by atoms with E-state index >= 15 is 0 Å². The predicted molar refractivity (Wildman–Crippen MR) is 114 cm³/mol. The van der Waals surface area contributed by atoms with E-state index in [0.29, 0.717) is 11.8 Å². The Kier molecular flexibility index (Phi) is 7.71. The number of thioether (sulfide) groups is 1. The molecule has 0 spiro atoms. The minimum Gasteiger partial charge on any atom is -0.423 e. The van der Waals surface area contributed by atoms with Gasteiger partial charge in [-0.25, -0.2) is 4.68 Å². The summed E-state index contributed by atoms with van der Waals surface area (Å²) in [6, 6.07) is 17.8. The molecule has 0 amide bonds. The Morgan fingerprint density at radius 3 is 2.63 bits per heavy atom. The van der Waals surface area contributed by atoms with Crippen molar-refractivity contribution in [2.24, 2.45) is 7.05 Å². The number of aryl methyl sites for hydroxylation is 1. The Balaban J connectivity index is 0.00000256. The number of aromatic nitrogens is 8. The van der Waals surface area contributed by atoms with Gasteiger partial charge in [0.15, 0.2) is 0 Å². The summed E-state index contributed by atoms with van der Waals surface area (Å²) < 4.78 is 9.12. The van der Waals surface area contributed by atoms with Gasteiger partial charge in [0.2, 0.25) is 5.16 Å². The second kappa shape index (κ2) is 10.7. The SMILES string of the molecule is Cl.Cn1nnnc1SCCNCc1cccc(Oc2nnnn2-c2ccccc2)c1.